The van der Waals surface area contributed by atoms with E-state index in [9.17, 15) is 22.8 Å². The van der Waals surface area contributed by atoms with Crippen molar-refractivity contribution in [3.8, 4) is 0 Å². The van der Waals surface area contributed by atoms with E-state index in [-0.39, 0.29) is 5.06 Å². The van der Waals surface area contributed by atoms with Crippen molar-refractivity contribution in [3.05, 3.63) is 0 Å². The van der Waals surface area contributed by atoms with Gasteiger partial charge in [0.25, 0.3) is 21.9 Å². The van der Waals surface area contributed by atoms with E-state index in [1.165, 1.54) is 6.42 Å². The molecule has 24 heavy (non-hydrogen) atoms. The molecule has 1 aliphatic carbocycles. The van der Waals surface area contributed by atoms with Crippen LogP contribution in [0.2, 0.25) is 0 Å². The molecule has 1 aliphatic heterocycles. The second-order valence-corrected chi connectivity index (χ2v) is 7.99. The Balaban J connectivity index is 1.99. The normalized spacial score (nSPS) is 24.9. The third-order valence-corrected chi connectivity index (χ3v) is 5.63. The first-order valence-electron chi connectivity index (χ1n) is 8.35. The van der Waals surface area contributed by atoms with Crippen LogP contribution < -0.4 is 0 Å². The SMILES string of the molecule is O=C(ON1C(=O)CC(S(=O)(=O)O)C1=O)C1CCCCCCCCC1. The molecule has 1 N–H and O–H groups in total. The fraction of sp³-hybridized carbons (Fsp3) is 0.800. The molecule has 2 amide bonds. The number of hydrogen-bond donors (Lipinski definition) is 1. The van der Waals surface area contributed by atoms with Gasteiger partial charge >= 0.3 is 5.97 Å². The van der Waals surface area contributed by atoms with Crippen molar-refractivity contribution < 1.29 is 32.2 Å². The standard InChI is InChI=1S/C15H23NO7S/c17-13-10-12(24(20,21)22)14(18)16(13)23-15(19)11-8-6-4-2-1-3-5-7-9-11/h11-12H,1-10H2,(H,20,21,22). The maximum absolute atomic E-state index is 12.3. The van der Waals surface area contributed by atoms with Crippen LogP contribution in [0.4, 0.5) is 0 Å². The van der Waals surface area contributed by atoms with Gasteiger partial charge in [-0.2, -0.15) is 8.42 Å². The molecule has 0 aromatic carbocycles. The minimum atomic E-state index is -4.70. The Kier molecular flexibility index (Phi) is 6.34. The summed E-state index contributed by atoms with van der Waals surface area (Å²) in [6.07, 6.45) is 7.77. The largest absolute Gasteiger partial charge is 0.336 e. The minimum absolute atomic E-state index is 0.194. The molecule has 0 spiro atoms. The summed E-state index contributed by atoms with van der Waals surface area (Å²) in [7, 11) is -4.70. The highest BCUT2D eigenvalue weighted by atomic mass is 32.2. The summed E-state index contributed by atoms with van der Waals surface area (Å²) in [6, 6.07) is 0. The first-order chi connectivity index (χ1) is 11.3. The quantitative estimate of drug-likeness (QED) is 0.599. The Morgan fingerprint density at radius 1 is 1.00 bits per heavy atom. The second kappa shape index (κ2) is 8.06. The summed E-state index contributed by atoms with van der Waals surface area (Å²) >= 11 is 0. The number of carbonyl (C=O) groups excluding carboxylic acids is 3. The fourth-order valence-electron chi connectivity index (χ4n) is 3.12. The van der Waals surface area contributed by atoms with Crippen LogP contribution in [0.25, 0.3) is 0 Å². The van der Waals surface area contributed by atoms with Crippen molar-refractivity contribution in [1.29, 1.82) is 0 Å². The van der Waals surface area contributed by atoms with Crippen LogP contribution in [-0.2, 0) is 29.3 Å². The van der Waals surface area contributed by atoms with Crippen LogP contribution in [0, 0.1) is 5.92 Å². The van der Waals surface area contributed by atoms with Gasteiger partial charge in [0.2, 0.25) is 0 Å². The van der Waals surface area contributed by atoms with Crippen LogP contribution in [-0.4, -0.2) is 41.1 Å². The molecule has 0 aromatic rings. The van der Waals surface area contributed by atoms with Gasteiger partial charge in [-0.15, -0.1) is 5.06 Å². The van der Waals surface area contributed by atoms with Crippen molar-refractivity contribution in [2.24, 2.45) is 5.92 Å². The number of nitrogens with zero attached hydrogens (tertiary/aromatic N) is 1. The van der Waals surface area contributed by atoms with Gasteiger partial charge < -0.3 is 4.84 Å². The summed E-state index contributed by atoms with van der Waals surface area (Å²) in [5, 5.41) is -1.69. The zero-order valence-corrected chi connectivity index (χ0v) is 14.3. The number of carbonyl (C=O) groups is 3. The predicted octanol–water partition coefficient (Wildman–Crippen LogP) is 1.60. The molecule has 2 aliphatic rings. The maximum atomic E-state index is 12.3. The monoisotopic (exact) mass is 361 g/mol. The van der Waals surface area contributed by atoms with E-state index in [1.807, 2.05) is 0 Å². The number of rotatable bonds is 3. The van der Waals surface area contributed by atoms with E-state index in [1.54, 1.807) is 0 Å². The van der Waals surface area contributed by atoms with Gasteiger partial charge in [0.05, 0.1) is 12.3 Å². The summed E-state index contributed by atoms with van der Waals surface area (Å²) in [4.78, 5) is 40.8. The molecular formula is C15H23NO7S. The summed E-state index contributed by atoms with van der Waals surface area (Å²) in [5.74, 6) is -3.24. The number of hydroxylamine groups is 2. The minimum Gasteiger partial charge on any atom is -0.330 e. The Morgan fingerprint density at radius 2 is 1.50 bits per heavy atom. The predicted molar refractivity (Wildman–Crippen MR) is 82.9 cm³/mol. The molecular weight excluding hydrogens is 338 g/mol. The number of amides is 2. The number of imide groups is 1. The summed E-state index contributed by atoms with van der Waals surface area (Å²) in [5.41, 5.74) is 0. The average Bonchev–Trinajstić information content (AvgIpc) is 2.80. The van der Waals surface area contributed by atoms with Crippen LogP contribution in [0.1, 0.15) is 64.2 Å². The van der Waals surface area contributed by atoms with E-state index in [0.717, 1.165) is 38.5 Å². The molecule has 0 bridgehead atoms. The molecule has 0 radical (unpaired) electrons. The molecule has 1 atom stereocenters. The molecule has 1 heterocycles. The molecule has 1 saturated carbocycles. The molecule has 1 saturated heterocycles. The van der Waals surface area contributed by atoms with Crippen molar-refractivity contribution in [2.45, 2.75) is 69.5 Å². The smallest absolute Gasteiger partial charge is 0.330 e. The third kappa shape index (κ3) is 4.76. The van der Waals surface area contributed by atoms with Gasteiger partial charge in [-0.05, 0) is 12.8 Å². The van der Waals surface area contributed by atoms with Gasteiger partial charge in [0, 0.05) is 0 Å². The molecule has 1 unspecified atom stereocenters. The Morgan fingerprint density at radius 3 is 1.96 bits per heavy atom. The van der Waals surface area contributed by atoms with E-state index in [4.69, 9.17) is 9.39 Å². The van der Waals surface area contributed by atoms with Gasteiger partial charge in [-0.25, -0.2) is 4.79 Å². The lowest BCUT2D eigenvalue weighted by atomic mass is 9.92. The van der Waals surface area contributed by atoms with Crippen molar-refractivity contribution in [1.82, 2.24) is 5.06 Å². The highest BCUT2D eigenvalue weighted by Gasteiger charge is 2.48. The summed E-state index contributed by atoms with van der Waals surface area (Å²) in [6.45, 7) is 0. The van der Waals surface area contributed by atoms with Crippen molar-refractivity contribution >= 4 is 27.9 Å². The third-order valence-electron chi connectivity index (χ3n) is 4.54. The lowest BCUT2D eigenvalue weighted by Gasteiger charge is -2.20. The molecule has 2 rings (SSSR count). The second-order valence-electron chi connectivity index (χ2n) is 6.39. The van der Waals surface area contributed by atoms with Crippen LogP contribution in [0.3, 0.4) is 0 Å². The lowest BCUT2D eigenvalue weighted by Crippen LogP contribution is -2.38. The number of hydrogen-bond acceptors (Lipinski definition) is 6. The Labute approximate surface area is 141 Å². The average molecular weight is 361 g/mol. The van der Waals surface area contributed by atoms with E-state index >= 15 is 0 Å². The van der Waals surface area contributed by atoms with E-state index in [2.05, 4.69) is 0 Å². The zero-order valence-electron chi connectivity index (χ0n) is 13.5. The van der Waals surface area contributed by atoms with Crippen molar-refractivity contribution in [2.75, 3.05) is 0 Å². The highest BCUT2D eigenvalue weighted by Crippen LogP contribution is 2.25. The Hall–Kier alpha value is -1.48. The van der Waals surface area contributed by atoms with Crippen LogP contribution in [0.5, 0.6) is 0 Å². The van der Waals surface area contributed by atoms with Gasteiger partial charge in [-0.3, -0.25) is 14.1 Å². The van der Waals surface area contributed by atoms with E-state index < -0.39 is 45.5 Å². The van der Waals surface area contributed by atoms with Crippen molar-refractivity contribution in [3.63, 3.8) is 0 Å². The van der Waals surface area contributed by atoms with E-state index in [0.29, 0.717) is 12.8 Å². The van der Waals surface area contributed by atoms with Gasteiger partial charge in [0.1, 0.15) is 0 Å². The molecule has 9 heteroatoms. The molecule has 0 aromatic heterocycles. The summed E-state index contributed by atoms with van der Waals surface area (Å²) < 4.78 is 31.1. The van der Waals surface area contributed by atoms with Gasteiger partial charge in [0.15, 0.2) is 5.25 Å². The molecule has 136 valence electrons. The maximum Gasteiger partial charge on any atom is 0.336 e. The highest BCUT2D eigenvalue weighted by molar-refractivity contribution is 7.87. The molecule has 8 nitrogen and oxygen atoms in total. The fourth-order valence-corrected chi connectivity index (χ4v) is 3.82. The first kappa shape index (κ1) is 18.9. The topological polar surface area (TPSA) is 118 Å². The lowest BCUT2D eigenvalue weighted by molar-refractivity contribution is -0.201. The van der Waals surface area contributed by atoms with Crippen LogP contribution in [0.15, 0.2) is 0 Å². The Bertz CT molecular complexity index is 591. The first-order valence-corrected chi connectivity index (χ1v) is 9.86. The molecule has 2 fully saturated rings. The van der Waals surface area contributed by atoms with Crippen LogP contribution >= 0.6 is 0 Å². The van der Waals surface area contributed by atoms with Gasteiger partial charge in [-0.1, -0.05) is 44.9 Å². The zero-order chi connectivity index (χ0) is 17.7.